The molecule has 0 saturated heterocycles. The first-order valence-electron chi connectivity index (χ1n) is 9.45. The second-order valence-electron chi connectivity index (χ2n) is 7.22. The molecule has 1 aliphatic rings. The van der Waals surface area contributed by atoms with Gasteiger partial charge in [0.25, 0.3) is 10.0 Å². The quantitative estimate of drug-likeness (QED) is 0.711. The molecule has 1 aliphatic heterocycles. The number of amides is 1. The summed E-state index contributed by atoms with van der Waals surface area (Å²) in [5.41, 5.74) is 4.09. The number of hydrogen-bond acceptors (Lipinski definition) is 3. The number of benzene rings is 3. The summed E-state index contributed by atoms with van der Waals surface area (Å²) >= 11 is 0. The van der Waals surface area contributed by atoms with Crippen LogP contribution >= 0.6 is 0 Å². The van der Waals surface area contributed by atoms with Crippen LogP contribution in [0, 0.1) is 6.92 Å². The van der Waals surface area contributed by atoms with Gasteiger partial charge in [0.05, 0.1) is 16.6 Å². The van der Waals surface area contributed by atoms with Crippen LogP contribution in [0.25, 0.3) is 11.1 Å². The molecule has 1 amide bonds. The molecule has 1 unspecified atom stereocenters. The van der Waals surface area contributed by atoms with Gasteiger partial charge in [-0.25, -0.2) is 8.42 Å². The molecule has 0 bridgehead atoms. The van der Waals surface area contributed by atoms with Gasteiger partial charge in [0.2, 0.25) is 5.91 Å². The Bertz CT molecular complexity index is 1170. The summed E-state index contributed by atoms with van der Waals surface area (Å²) in [6.07, 6.45) is 0. The maximum Gasteiger partial charge on any atom is 0.265 e. The zero-order valence-corrected chi connectivity index (χ0v) is 17.1. The first-order valence-corrected chi connectivity index (χ1v) is 10.9. The number of nitrogens with one attached hydrogen (secondary N) is 1. The van der Waals surface area contributed by atoms with E-state index in [1.54, 1.807) is 30.3 Å². The van der Waals surface area contributed by atoms with Crippen molar-refractivity contribution >= 4 is 21.6 Å². The lowest BCUT2D eigenvalue weighted by Gasteiger charge is -2.31. The molecule has 3 aromatic rings. The lowest BCUT2D eigenvalue weighted by Crippen LogP contribution is -2.43. The minimum Gasteiger partial charge on any atom is -0.348 e. The van der Waals surface area contributed by atoms with Gasteiger partial charge < -0.3 is 5.32 Å². The largest absolute Gasteiger partial charge is 0.348 e. The highest BCUT2D eigenvalue weighted by Crippen LogP contribution is 2.42. The van der Waals surface area contributed by atoms with Crippen molar-refractivity contribution in [2.75, 3.05) is 10.8 Å². The van der Waals surface area contributed by atoms with Crippen LogP contribution in [0.15, 0.2) is 77.7 Å². The molecule has 0 saturated carbocycles. The standard InChI is InChI=1S/C23H22N2O3S/c1-16-11-13-18(14-12-16)17(2)24-23(26)15-25-21-9-5-3-7-19(21)20-8-4-6-10-22(20)29(25,27)28/h3-14,17H,15H2,1-2H3,(H,24,26). The summed E-state index contributed by atoms with van der Waals surface area (Å²) in [5.74, 6) is -0.351. The first kappa shape index (κ1) is 19.2. The molecule has 0 aromatic heterocycles. The summed E-state index contributed by atoms with van der Waals surface area (Å²) < 4.78 is 27.7. The molecule has 3 aromatic carbocycles. The average molecular weight is 407 g/mol. The lowest BCUT2D eigenvalue weighted by atomic mass is 10.0. The molecule has 0 radical (unpaired) electrons. The number of rotatable bonds is 4. The second-order valence-corrected chi connectivity index (χ2v) is 9.06. The van der Waals surface area contributed by atoms with E-state index in [1.807, 2.05) is 56.3 Å². The fourth-order valence-corrected chi connectivity index (χ4v) is 5.26. The highest BCUT2D eigenvalue weighted by molar-refractivity contribution is 7.93. The van der Waals surface area contributed by atoms with Crippen molar-refractivity contribution < 1.29 is 13.2 Å². The Kier molecular flexibility index (Phi) is 4.88. The zero-order chi connectivity index (χ0) is 20.6. The van der Waals surface area contributed by atoms with Gasteiger partial charge in [-0.15, -0.1) is 0 Å². The van der Waals surface area contributed by atoms with Crippen LogP contribution in [0.2, 0.25) is 0 Å². The monoisotopic (exact) mass is 406 g/mol. The van der Waals surface area contributed by atoms with Crippen LogP contribution < -0.4 is 9.62 Å². The van der Waals surface area contributed by atoms with E-state index in [0.29, 0.717) is 11.3 Å². The summed E-state index contributed by atoms with van der Waals surface area (Å²) in [6.45, 7) is 3.62. The van der Waals surface area contributed by atoms with Crippen LogP contribution in [0.1, 0.15) is 24.1 Å². The van der Waals surface area contributed by atoms with Crippen LogP contribution in [0.5, 0.6) is 0 Å². The summed E-state index contributed by atoms with van der Waals surface area (Å²) in [6, 6.07) is 21.8. The third kappa shape index (κ3) is 3.51. The minimum atomic E-state index is -3.82. The predicted molar refractivity (Wildman–Crippen MR) is 114 cm³/mol. The van der Waals surface area contributed by atoms with Crippen molar-refractivity contribution in [3.8, 4) is 11.1 Å². The van der Waals surface area contributed by atoms with Crippen molar-refractivity contribution in [2.45, 2.75) is 24.8 Å². The Labute approximate surface area is 171 Å². The Morgan fingerprint density at radius 1 is 0.931 bits per heavy atom. The van der Waals surface area contributed by atoms with Gasteiger partial charge in [-0.1, -0.05) is 66.2 Å². The highest BCUT2D eigenvalue weighted by atomic mass is 32.2. The van der Waals surface area contributed by atoms with E-state index in [2.05, 4.69) is 5.32 Å². The topological polar surface area (TPSA) is 66.5 Å². The van der Waals surface area contributed by atoms with Gasteiger partial charge in [-0.05, 0) is 31.5 Å². The minimum absolute atomic E-state index is 0.220. The maximum absolute atomic E-state index is 13.2. The average Bonchev–Trinajstić information content (AvgIpc) is 2.72. The van der Waals surface area contributed by atoms with Gasteiger partial charge >= 0.3 is 0 Å². The van der Waals surface area contributed by atoms with Crippen molar-refractivity contribution in [1.82, 2.24) is 5.32 Å². The van der Waals surface area contributed by atoms with Crippen LogP contribution in [-0.2, 0) is 14.8 Å². The molecule has 5 nitrogen and oxygen atoms in total. The third-order valence-corrected chi connectivity index (χ3v) is 6.98. The molecule has 0 fully saturated rings. The fourth-order valence-electron chi connectivity index (χ4n) is 3.61. The number of nitrogens with zero attached hydrogens (tertiary/aromatic N) is 1. The van der Waals surface area contributed by atoms with Crippen LogP contribution in [0.3, 0.4) is 0 Å². The molecular weight excluding hydrogens is 384 g/mol. The molecule has 29 heavy (non-hydrogen) atoms. The highest BCUT2D eigenvalue weighted by Gasteiger charge is 2.35. The van der Waals surface area contributed by atoms with Crippen molar-refractivity contribution in [1.29, 1.82) is 0 Å². The van der Waals surface area contributed by atoms with Crippen molar-refractivity contribution in [3.63, 3.8) is 0 Å². The molecule has 1 N–H and O–H groups in total. The second kappa shape index (κ2) is 7.37. The van der Waals surface area contributed by atoms with E-state index in [0.717, 1.165) is 16.7 Å². The molecule has 6 heteroatoms. The Balaban J connectivity index is 1.63. The number of carbonyl (C=O) groups is 1. The predicted octanol–water partition coefficient (Wildman–Crippen LogP) is 4.05. The smallest absolute Gasteiger partial charge is 0.265 e. The van der Waals surface area contributed by atoms with Gasteiger partial charge in [-0.3, -0.25) is 9.10 Å². The molecular formula is C23H22N2O3S. The van der Waals surface area contributed by atoms with E-state index >= 15 is 0 Å². The third-order valence-electron chi connectivity index (χ3n) is 5.16. The van der Waals surface area contributed by atoms with Gasteiger partial charge in [0, 0.05) is 11.1 Å². The van der Waals surface area contributed by atoms with E-state index in [9.17, 15) is 13.2 Å². The molecule has 1 atom stereocenters. The zero-order valence-electron chi connectivity index (χ0n) is 16.3. The number of aryl methyl sites for hydroxylation is 1. The Morgan fingerprint density at radius 3 is 2.28 bits per heavy atom. The molecule has 0 spiro atoms. The summed E-state index contributed by atoms with van der Waals surface area (Å²) in [5, 5.41) is 2.91. The van der Waals surface area contributed by atoms with Crippen molar-refractivity contribution in [2.24, 2.45) is 0 Å². The van der Waals surface area contributed by atoms with Crippen LogP contribution in [-0.4, -0.2) is 20.9 Å². The Hall–Kier alpha value is -3.12. The van der Waals surface area contributed by atoms with Gasteiger partial charge in [0.15, 0.2) is 0 Å². The van der Waals surface area contributed by atoms with Crippen LogP contribution in [0.4, 0.5) is 5.69 Å². The Morgan fingerprint density at radius 2 is 1.55 bits per heavy atom. The number of sulfonamides is 1. The summed E-state index contributed by atoms with van der Waals surface area (Å²) in [4.78, 5) is 13.0. The normalized spacial score (nSPS) is 15.2. The van der Waals surface area contributed by atoms with E-state index in [4.69, 9.17) is 0 Å². The number of fused-ring (bicyclic) bond motifs is 3. The maximum atomic E-state index is 13.2. The van der Waals surface area contributed by atoms with E-state index in [1.165, 1.54) is 4.31 Å². The van der Waals surface area contributed by atoms with E-state index in [-0.39, 0.29) is 23.4 Å². The number of hydrogen-bond donors (Lipinski definition) is 1. The van der Waals surface area contributed by atoms with Gasteiger partial charge in [-0.2, -0.15) is 0 Å². The number of para-hydroxylation sites is 1. The SMILES string of the molecule is Cc1ccc(C(C)NC(=O)CN2c3ccccc3-c3ccccc3S2(=O)=O)cc1. The fraction of sp³-hybridized carbons (Fsp3) is 0.174. The van der Waals surface area contributed by atoms with Crippen molar-refractivity contribution in [3.05, 3.63) is 83.9 Å². The molecule has 0 aliphatic carbocycles. The first-order chi connectivity index (χ1) is 13.9. The van der Waals surface area contributed by atoms with E-state index < -0.39 is 10.0 Å². The number of carbonyl (C=O) groups excluding carboxylic acids is 1. The van der Waals surface area contributed by atoms with Gasteiger partial charge in [0.1, 0.15) is 6.54 Å². The molecule has 1 heterocycles. The lowest BCUT2D eigenvalue weighted by molar-refractivity contribution is -0.120. The number of anilines is 1. The molecule has 4 rings (SSSR count). The molecule has 148 valence electrons. The summed E-state index contributed by atoms with van der Waals surface area (Å²) in [7, 11) is -3.82.